The third kappa shape index (κ3) is 9.83. The average Bonchev–Trinajstić information content (AvgIpc) is 3.27. The van der Waals surface area contributed by atoms with E-state index in [2.05, 4.69) is 51.5 Å². The molecule has 0 radical (unpaired) electrons. The lowest BCUT2D eigenvalue weighted by Crippen LogP contribution is -2.06. The number of carbonyl (C=O) groups is 2. The van der Waals surface area contributed by atoms with Crippen LogP contribution in [0, 0.1) is 49.7 Å². The molecular weight excluding hydrogens is 892 g/mol. The van der Waals surface area contributed by atoms with Gasteiger partial charge >= 0.3 is 0 Å². The van der Waals surface area contributed by atoms with E-state index in [0.717, 1.165) is 33.4 Å². The summed E-state index contributed by atoms with van der Waals surface area (Å²) in [5, 5.41) is 18.7. The van der Waals surface area contributed by atoms with Crippen molar-refractivity contribution in [1.29, 1.82) is 10.5 Å². The van der Waals surface area contributed by atoms with Crippen molar-refractivity contribution in [2.75, 3.05) is 0 Å². The van der Waals surface area contributed by atoms with Crippen LogP contribution in [0.1, 0.15) is 65.2 Å². The summed E-state index contributed by atoms with van der Waals surface area (Å²) >= 11 is 6.92. The second-order valence-corrected chi connectivity index (χ2v) is 14.8. The minimum Gasteiger partial charge on any atom is -0.472 e. The minimum absolute atomic E-state index is 0.0278. The predicted octanol–water partition coefficient (Wildman–Crippen LogP) is 11.1. The first kappa shape index (κ1) is 42.3. The molecule has 2 heterocycles. The summed E-state index contributed by atoms with van der Waals surface area (Å²) in [4.78, 5) is 39.6. The molecule has 6 rings (SSSR count). The summed E-state index contributed by atoms with van der Waals surface area (Å²) in [6.07, 6.45) is 1.25. The van der Waals surface area contributed by atoms with Crippen molar-refractivity contribution in [3.05, 3.63) is 172 Å². The Bertz CT molecular complexity index is 2580. The Labute approximate surface area is 362 Å². The van der Waals surface area contributed by atoms with E-state index in [4.69, 9.17) is 32.1 Å². The van der Waals surface area contributed by atoms with Crippen LogP contribution < -0.4 is 18.9 Å². The number of pyridine rings is 2. The molecule has 0 bridgehead atoms. The zero-order valence-corrected chi connectivity index (χ0v) is 35.1. The van der Waals surface area contributed by atoms with Crippen LogP contribution in [0.5, 0.6) is 23.5 Å². The van der Waals surface area contributed by atoms with E-state index < -0.39 is 0 Å². The molecule has 0 amide bonds. The zero-order chi connectivity index (χ0) is 42.8. The molecule has 0 saturated heterocycles. The Kier molecular flexibility index (Phi) is 13.7. The Hall–Kier alpha value is -7.36. The Morgan fingerprint density at radius 2 is 1.00 bits per heavy atom. The lowest BCUT2D eigenvalue weighted by molar-refractivity contribution is 0.111. The topological polar surface area (TPSA) is 153 Å². The van der Waals surface area contributed by atoms with Gasteiger partial charge in [0.25, 0.3) is 0 Å². The van der Waals surface area contributed by atoms with E-state index in [1.54, 1.807) is 36.4 Å². The van der Waals surface area contributed by atoms with Gasteiger partial charge in [-0.2, -0.15) is 20.5 Å². The van der Waals surface area contributed by atoms with Crippen molar-refractivity contribution in [3.8, 4) is 46.8 Å². The molecule has 60 heavy (non-hydrogen) atoms. The number of aldehydes is 2. The van der Waals surface area contributed by atoms with Gasteiger partial charge in [0.05, 0.1) is 45.4 Å². The maximum Gasteiger partial charge on any atom is 0.231 e. The Morgan fingerprint density at radius 1 is 0.600 bits per heavy atom. The first-order valence-corrected chi connectivity index (χ1v) is 19.5. The minimum atomic E-state index is -0.0278. The second kappa shape index (κ2) is 19.4. The molecule has 14 heteroatoms. The number of benzene rings is 4. The summed E-state index contributed by atoms with van der Waals surface area (Å²) in [5.41, 5.74) is 8.48. The Morgan fingerprint density at radius 3 is 1.37 bits per heavy atom. The van der Waals surface area contributed by atoms with Crippen LogP contribution in [0.2, 0.25) is 0 Å². The summed E-state index contributed by atoms with van der Waals surface area (Å²) in [7, 11) is 0. The SMILES string of the molecule is [C-]#[N+]c1cc(C#N)cc(COc2nc(OCc3cccc(-c4cccc(COc5nc(OCc6cc(C#N)cc([N+]#[C-])c6)c(C=O)cc5Br)c4C)c3C)c(Br)cc2C=O)c1. The highest BCUT2D eigenvalue weighted by atomic mass is 79.9. The van der Waals surface area contributed by atoms with E-state index in [9.17, 15) is 20.1 Å². The van der Waals surface area contributed by atoms with Crippen molar-refractivity contribution in [1.82, 2.24) is 9.97 Å². The molecule has 12 nitrogen and oxygen atoms in total. The van der Waals surface area contributed by atoms with Crippen LogP contribution in [-0.4, -0.2) is 22.5 Å². The molecular formula is C46H30Br2N6O6. The first-order chi connectivity index (χ1) is 29.1. The van der Waals surface area contributed by atoms with Crippen molar-refractivity contribution in [2.45, 2.75) is 40.3 Å². The molecule has 0 spiro atoms. The van der Waals surface area contributed by atoms with Gasteiger partial charge in [-0.25, -0.2) is 9.69 Å². The van der Waals surface area contributed by atoms with Crippen LogP contribution in [-0.2, 0) is 26.4 Å². The summed E-state index contributed by atoms with van der Waals surface area (Å²) in [6.45, 7) is 18.9. The summed E-state index contributed by atoms with van der Waals surface area (Å²) in [5.74, 6) is 0.499. The molecule has 0 atom stereocenters. The van der Waals surface area contributed by atoms with Crippen LogP contribution >= 0.6 is 31.9 Å². The largest absolute Gasteiger partial charge is 0.472 e. The number of hydrogen-bond acceptors (Lipinski definition) is 10. The van der Waals surface area contributed by atoms with Crippen molar-refractivity contribution < 1.29 is 28.5 Å². The van der Waals surface area contributed by atoms with Gasteiger partial charge in [-0.3, -0.25) is 9.59 Å². The normalized spacial score (nSPS) is 10.3. The van der Waals surface area contributed by atoms with Crippen molar-refractivity contribution >= 4 is 55.8 Å². The fourth-order valence-electron chi connectivity index (χ4n) is 6.17. The van der Waals surface area contributed by atoms with Gasteiger partial charge in [0.15, 0.2) is 23.9 Å². The van der Waals surface area contributed by atoms with Crippen LogP contribution in [0.25, 0.3) is 20.8 Å². The number of halogens is 2. The molecule has 0 aliphatic rings. The van der Waals surface area contributed by atoms with Crippen LogP contribution in [0.4, 0.5) is 11.4 Å². The quantitative estimate of drug-likeness (QED) is 0.0718. The number of ether oxygens (including phenoxy) is 4. The molecule has 4 aromatic carbocycles. The number of aromatic nitrogens is 2. The molecule has 0 fully saturated rings. The lowest BCUT2D eigenvalue weighted by atomic mass is 9.92. The van der Waals surface area contributed by atoms with E-state index in [1.807, 2.05) is 62.4 Å². The molecule has 2 aromatic heterocycles. The van der Waals surface area contributed by atoms with E-state index in [-0.39, 0.29) is 61.1 Å². The van der Waals surface area contributed by atoms with E-state index in [1.165, 1.54) is 12.1 Å². The Balaban J connectivity index is 1.17. The number of nitriles is 2. The van der Waals surface area contributed by atoms with Crippen LogP contribution in [0.3, 0.4) is 0 Å². The highest BCUT2D eigenvalue weighted by Gasteiger charge is 2.18. The lowest BCUT2D eigenvalue weighted by Gasteiger charge is -2.17. The number of hydrogen-bond donors (Lipinski definition) is 0. The number of rotatable bonds is 15. The zero-order valence-electron chi connectivity index (χ0n) is 32.0. The summed E-state index contributed by atoms with van der Waals surface area (Å²) in [6, 6.07) is 28.5. The molecule has 0 N–H and O–H groups in total. The van der Waals surface area contributed by atoms with E-state index >= 15 is 0 Å². The second-order valence-electron chi connectivity index (χ2n) is 13.1. The van der Waals surface area contributed by atoms with Gasteiger partial charge in [-0.05, 0) is 139 Å². The number of nitrogens with zero attached hydrogens (tertiary/aromatic N) is 6. The van der Waals surface area contributed by atoms with Crippen LogP contribution in [0.15, 0.2) is 93.9 Å². The van der Waals surface area contributed by atoms with Gasteiger partial charge in [-0.1, -0.05) is 36.4 Å². The highest BCUT2D eigenvalue weighted by Crippen LogP contribution is 2.35. The van der Waals surface area contributed by atoms with Gasteiger partial charge in [0.1, 0.15) is 26.4 Å². The van der Waals surface area contributed by atoms with Gasteiger partial charge < -0.3 is 18.9 Å². The third-order valence-corrected chi connectivity index (χ3v) is 10.4. The third-order valence-electron chi connectivity index (χ3n) is 9.26. The first-order valence-electron chi connectivity index (χ1n) is 17.9. The van der Waals surface area contributed by atoms with Gasteiger partial charge in [0, 0.05) is 11.1 Å². The standard InChI is InChI=1S/C46H30Br2N6O6/c1-27-33(25-59-45-41(47)17-35(21-55)43(53-45)57-23-31-11-29(19-49)13-37(15-31)51-3)7-5-9-39(27)40-10-6-8-34(28(40)2)26-60-46-42(48)18-36(22-56)44(54-46)58-24-32-12-30(20-50)14-38(16-32)52-4/h5-18,21-22H,23-26H2,1-2H3. The van der Waals surface area contributed by atoms with Crippen molar-refractivity contribution in [3.63, 3.8) is 0 Å². The highest BCUT2D eigenvalue weighted by molar-refractivity contribution is 9.10. The molecule has 6 aromatic rings. The maximum absolute atomic E-state index is 11.9. The average molecular weight is 923 g/mol. The fraction of sp³-hybridized carbons (Fsp3) is 0.130. The van der Waals surface area contributed by atoms with Gasteiger partial charge in [0.2, 0.25) is 23.5 Å². The molecule has 0 saturated carbocycles. The van der Waals surface area contributed by atoms with Crippen molar-refractivity contribution in [2.24, 2.45) is 0 Å². The predicted molar refractivity (Wildman–Crippen MR) is 228 cm³/mol. The number of carbonyl (C=O) groups excluding carboxylic acids is 2. The molecule has 0 aliphatic carbocycles. The van der Waals surface area contributed by atoms with E-state index in [0.29, 0.717) is 55.1 Å². The maximum atomic E-state index is 11.9. The monoisotopic (exact) mass is 920 g/mol. The molecule has 294 valence electrons. The van der Waals surface area contributed by atoms with Gasteiger partial charge in [-0.15, -0.1) is 0 Å². The summed E-state index contributed by atoms with van der Waals surface area (Å²) < 4.78 is 25.0. The smallest absolute Gasteiger partial charge is 0.231 e. The fourth-order valence-corrected chi connectivity index (χ4v) is 7.07. The molecule has 0 aliphatic heterocycles. The molecule has 0 unspecified atom stereocenters.